The average Bonchev–Trinajstić information content (AvgIpc) is 2.53. The summed E-state index contributed by atoms with van der Waals surface area (Å²) in [5.74, 6) is 0.776. The van der Waals surface area contributed by atoms with Crippen molar-refractivity contribution in [3.8, 4) is 0 Å². The van der Waals surface area contributed by atoms with Gasteiger partial charge in [-0.25, -0.2) is 4.98 Å². The normalized spacial score (nSPS) is 16.5. The smallest absolute Gasteiger partial charge is 0.255 e. The highest BCUT2D eigenvalue weighted by atomic mass is 35.5. The zero-order valence-corrected chi connectivity index (χ0v) is 13.6. The Bertz CT molecular complexity index is 451. The Morgan fingerprint density at radius 3 is 2.52 bits per heavy atom. The number of halogens is 1. The minimum Gasteiger partial charge on any atom is -0.339 e. The summed E-state index contributed by atoms with van der Waals surface area (Å²) in [6.07, 6.45) is 3.74. The third-order valence-electron chi connectivity index (χ3n) is 4.29. The van der Waals surface area contributed by atoms with Crippen LogP contribution in [0.25, 0.3) is 0 Å². The number of rotatable bonds is 5. The van der Waals surface area contributed by atoms with Gasteiger partial charge in [-0.3, -0.25) is 4.79 Å². The summed E-state index contributed by atoms with van der Waals surface area (Å²) < 4.78 is 0. The van der Waals surface area contributed by atoms with E-state index in [1.165, 1.54) is 0 Å². The van der Waals surface area contributed by atoms with Gasteiger partial charge in [-0.05, 0) is 44.0 Å². The maximum atomic E-state index is 12.4. The number of hydrogen-bond donors (Lipinski definition) is 0. The van der Waals surface area contributed by atoms with E-state index in [1.807, 2.05) is 4.90 Å². The third-order valence-corrected chi connectivity index (χ3v) is 4.51. The van der Waals surface area contributed by atoms with Crippen LogP contribution in [0.3, 0.4) is 0 Å². The lowest BCUT2D eigenvalue weighted by molar-refractivity contribution is 0.0669. The van der Waals surface area contributed by atoms with Crippen molar-refractivity contribution in [3.05, 3.63) is 29.0 Å². The van der Waals surface area contributed by atoms with Gasteiger partial charge < -0.3 is 9.80 Å². The van der Waals surface area contributed by atoms with Crippen molar-refractivity contribution in [2.45, 2.75) is 26.7 Å². The van der Waals surface area contributed by atoms with Crippen LogP contribution >= 0.6 is 11.6 Å². The van der Waals surface area contributed by atoms with E-state index < -0.39 is 0 Å². The number of pyridine rings is 1. The number of likely N-dealkylation sites (tertiary alicyclic amines) is 1. The molecule has 1 saturated heterocycles. The summed E-state index contributed by atoms with van der Waals surface area (Å²) in [5, 5.41) is 0.421. The molecule has 0 atom stereocenters. The number of nitrogens with zero attached hydrogens (tertiary/aromatic N) is 3. The highest BCUT2D eigenvalue weighted by Crippen LogP contribution is 2.20. The lowest BCUT2D eigenvalue weighted by Crippen LogP contribution is -2.41. The molecule has 0 aromatic carbocycles. The molecule has 5 heteroatoms. The summed E-state index contributed by atoms with van der Waals surface area (Å²) in [4.78, 5) is 20.8. The molecule has 0 N–H and O–H groups in total. The van der Waals surface area contributed by atoms with Crippen LogP contribution in [0.2, 0.25) is 5.15 Å². The molecule has 1 fully saturated rings. The van der Waals surface area contributed by atoms with Crippen molar-refractivity contribution in [2.24, 2.45) is 5.92 Å². The SMILES string of the molecule is CCN(CC)CC1CCN(C(=O)c2ccc(Cl)nc2)CC1. The predicted molar refractivity (Wildman–Crippen MR) is 85.7 cm³/mol. The molecule has 0 unspecified atom stereocenters. The second kappa shape index (κ2) is 7.76. The van der Waals surface area contributed by atoms with E-state index in [-0.39, 0.29) is 5.91 Å². The molecule has 21 heavy (non-hydrogen) atoms. The van der Waals surface area contributed by atoms with Crippen LogP contribution in [-0.4, -0.2) is 53.4 Å². The number of carbonyl (C=O) groups excluding carboxylic acids is 1. The first kappa shape index (κ1) is 16.2. The molecule has 4 nitrogen and oxygen atoms in total. The van der Waals surface area contributed by atoms with Crippen LogP contribution in [0.15, 0.2) is 18.3 Å². The number of hydrogen-bond acceptors (Lipinski definition) is 3. The zero-order chi connectivity index (χ0) is 15.2. The monoisotopic (exact) mass is 309 g/mol. The standard InChI is InChI=1S/C16H24ClN3O/c1-3-19(4-2)12-13-7-9-20(10-8-13)16(21)14-5-6-15(17)18-11-14/h5-6,11,13H,3-4,7-10,12H2,1-2H3. The van der Waals surface area contributed by atoms with Crippen molar-refractivity contribution in [1.82, 2.24) is 14.8 Å². The minimum absolute atomic E-state index is 0.0699. The third kappa shape index (κ3) is 4.42. The maximum Gasteiger partial charge on any atom is 0.255 e. The van der Waals surface area contributed by atoms with E-state index in [0.717, 1.165) is 45.6 Å². The molecule has 2 rings (SSSR count). The van der Waals surface area contributed by atoms with Gasteiger partial charge in [-0.1, -0.05) is 25.4 Å². The van der Waals surface area contributed by atoms with Crippen molar-refractivity contribution >= 4 is 17.5 Å². The average molecular weight is 310 g/mol. The summed E-state index contributed by atoms with van der Waals surface area (Å²) in [5.41, 5.74) is 0.626. The molecule has 2 heterocycles. The molecule has 0 saturated carbocycles. The molecule has 0 spiro atoms. The van der Waals surface area contributed by atoms with Gasteiger partial charge in [0, 0.05) is 25.8 Å². The van der Waals surface area contributed by atoms with Gasteiger partial charge in [-0.2, -0.15) is 0 Å². The summed E-state index contributed by atoms with van der Waals surface area (Å²) in [6, 6.07) is 3.42. The lowest BCUT2D eigenvalue weighted by Gasteiger charge is -2.34. The van der Waals surface area contributed by atoms with E-state index in [1.54, 1.807) is 18.3 Å². The van der Waals surface area contributed by atoms with Crippen molar-refractivity contribution in [1.29, 1.82) is 0 Å². The molecule has 1 aliphatic heterocycles. The fourth-order valence-corrected chi connectivity index (χ4v) is 2.96. The maximum absolute atomic E-state index is 12.4. The molecule has 1 aromatic rings. The fourth-order valence-electron chi connectivity index (χ4n) is 2.85. The van der Waals surface area contributed by atoms with Crippen LogP contribution in [0, 0.1) is 5.92 Å². The van der Waals surface area contributed by atoms with Crippen molar-refractivity contribution < 1.29 is 4.79 Å². The Morgan fingerprint density at radius 1 is 1.33 bits per heavy atom. The van der Waals surface area contributed by atoms with Crippen LogP contribution in [0.1, 0.15) is 37.0 Å². The Labute approximate surface area is 132 Å². The Morgan fingerprint density at radius 2 is 2.00 bits per heavy atom. The Kier molecular flexibility index (Phi) is 6.00. The number of aromatic nitrogens is 1. The van der Waals surface area contributed by atoms with Gasteiger partial charge in [0.15, 0.2) is 0 Å². The summed E-state index contributed by atoms with van der Waals surface area (Å²) in [6.45, 7) is 9.45. The first-order chi connectivity index (χ1) is 10.1. The molecule has 1 amide bonds. The van der Waals surface area contributed by atoms with Crippen LogP contribution in [-0.2, 0) is 0 Å². The Balaban J connectivity index is 1.86. The topological polar surface area (TPSA) is 36.4 Å². The fraction of sp³-hybridized carbons (Fsp3) is 0.625. The molecular formula is C16H24ClN3O. The van der Waals surface area contributed by atoms with Gasteiger partial charge in [0.1, 0.15) is 5.15 Å². The van der Waals surface area contributed by atoms with E-state index in [4.69, 9.17) is 11.6 Å². The zero-order valence-electron chi connectivity index (χ0n) is 12.9. The lowest BCUT2D eigenvalue weighted by atomic mass is 9.95. The summed E-state index contributed by atoms with van der Waals surface area (Å²) in [7, 11) is 0. The van der Waals surface area contributed by atoms with Crippen molar-refractivity contribution in [2.75, 3.05) is 32.7 Å². The first-order valence-electron chi connectivity index (χ1n) is 7.77. The van der Waals surface area contributed by atoms with E-state index in [2.05, 4.69) is 23.7 Å². The number of piperidine rings is 1. The molecule has 0 bridgehead atoms. The van der Waals surface area contributed by atoms with E-state index in [0.29, 0.717) is 16.6 Å². The van der Waals surface area contributed by atoms with Gasteiger partial charge in [-0.15, -0.1) is 0 Å². The van der Waals surface area contributed by atoms with Crippen LogP contribution in [0.4, 0.5) is 0 Å². The molecule has 0 aliphatic carbocycles. The number of amides is 1. The highest BCUT2D eigenvalue weighted by Gasteiger charge is 2.24. The molecule has 0 radical (unpaired) electrons. The van der Waals surface area contributed by atoms with Crippen molar-refractivity contribution in [3.63, 3.8) is 0 Å². The Hall–Kier alpha value is -1.13. The molecule has 1 aliphatic rings. The second-order valence-corrected chi connectivity index (χ2v) is 5.98. The number of carbonyl (C=O) groups is 1. The largest absolute Gasteiger partial charge is 0.339 e. The molecule has 116 valence electrons. The van der Waals surface area contributed by atoms with Gasteiger partial charge in [0.05, 0.1) is 5.56 Å². The van der Waals surface area contributed by atoms with E-state index >= 15 is 0 Å². The quantitative estimate of drug-likeness (QED) is 0.785. The highest BCUT2D eigenvalue weighted by molar-refractivity contribution is 6.29. The summed E-state index contributed by atoms with van der Waals surface area (Å²) >= 11 is 5.76. The van der Waals surface area contributed by atoms with Crippen LogP contribution in [0.5, 0.6) is 0 Å². The van der Waals surface area contributed by atoms with Gasteiger partial charge in [0.25, 0.3) is 5.91 Å². The van der Waals surface area contributed by atoms with Gasteiger partial charge >= 0.3 is 0 Å². The first-order valence-corrected chi connectivity index (χ1v) is 8.15. The molecular weight excluding hydrogens is 286 g/mol. The van der Waals surface area contributed by atoms with Gasteiger partial charge in [0.2, 0.25) is 0 Å². The second-order valence-electron chi connectivity index (χ2n) is 5.59. The van der Waals surface area contributed by atoms with Crippen LogP contribution < -0.4 is 0 Å². The minimum atomic E-state index is 0.0699. The predicted octanol–water partition coefficient (Wildman–Crippen LogP) is 2.93. The van der Waals surface area contributed by atoms with E-state index in [9.17, 15) is 4.79 Å². The molecule has 1 aromatic heterocycles.